The Morgan fingerprint density at radius 2 is 2.06 bits per heavy atom. The number of rotatable bonds is 3. The van der Waals surface area contributed by atoms with Crippen LogP contribution in [0.3, 0.4) is 0 Å². The van der Waals surface area contributed by atoms with Crippen LogP contribution in [0.1, 0.15) is 6.92 Å². The quantitative estimate of drug-likeness (QED) is 0.739. The van der Waals surface area contributed by atoms with Gasteiger partial charge in [-0.2, -0.15) is 0 Å². The third-order valence-corrected chi connectivity index (χ3v) is 2.15. The first kappa shape index (κ1) is 10.3. The van der Waals surface area contributed by atoms with Crippen molar-refractivity contribution in [2.24, 2.45) is 0 Å². The van der Waals surface area contributed by atoms with Crippen LogP contribution in [-0.2, 0) is 0 Å². The molecule has 0 unspecified atom stereocenters. The third kappa shape index (κ3) is 1.65. The number of hydrogen-bond donors (Lipinski definition) is 2. The monoisotopic (exact) mass is 219 g/mol. The van der Waals surface area contributed by atoms with Crippen LogP contribution < -0.4 is 16.3 Å². The number of nitrogens with zero attached hydrogens (tertiary/aromatic N) is 3. The fourth-order valence-corrected chi connectivity index (χ4v) is 1.42. The lowest BCUT2D eigenvalue weighted by atomic mass is 10.2. The van der Waals surface area contributed by atoms with Gasteiger partial charge < -0.3 is 16.3 Å². The average Bonchev–Trinajstić information content (AvgIpc) is 2.61. The Labute approximate surface area is 92.8 Å². The molecule has 0 aliphatic carbocycles. The molecule has 0 bridgehead atoms. The summed E-state index contributed by atoms with van der Waals surface area (Å²) in [5, 5.41) is 7.62. The van der Waals surface area contributed by atoms with Crippen molar-refractivity contribution in [3.8, 4) is 17.1 Å². The summed E-state index contributed by atoms with van der Waals surface area (Å²) in [5.74, 6) is 7.08. The second-order valence-electron chi connectivity index (χ2n) is 3.18. The molecular formula is C10H13N5O. The highest BCUT2D eigenvalue weighted by Gasteiger charge is 2.13. The van der Waals surface area contributed by atoms with Gasteiger partial charge in [-0.25, -0.2) is 4.68 Å². The SMILES string of the molecule is CCOc1ccccc1-c1nnc(N)n1N. The van der Waals surface area contributed by atoms with Crippen molar-refractivity contribution in [1.82, 2.24) is 14.9 Å². The van der Waals surface area contributed by atoms with Gasteiger partial charge in [-0.1, -0.05) is 12.1 Å². The fourth-order valence-electron chi connectivity index (χ4n) is 1.42. The molecule has 0 aliphatic rings. The molecule has 0 saturated carbocycles. The molecule has 16 heavy (non-hydrogen) atoms. The maximum Gasteiger partial charge on any atom is 0.241 e. The number of nitrogen functional groups attached to an aromatic ring is 2. The predicted octanol–water partition coefficient (Wildman–Crippen LogP) is 0.640. The Hall–Kier alpha value is -2.24. The second-order valence-corrected chi connectivity index (χ2v) is 3.18. The van der Waals surface area contributed by atoms with Gasteiger partial charge in [0.2, 0.25) is 5.95 Å². The molecule has 0 fully saturated rings. The van der Waals surface area contributed by atoms with Crippen molar-refractivity contribution in [2.45, 2.75) is 6.92 Å². The van der Waals surface area contributed by atoms with Crippen LogP contribution in [0.5, 0.6) is 5.75 Å². The number of nitrogens with two attached hydrogens (primary N) is 2. The molecule has 6 heteroatoms. The summed E-state index contributed by atoms with van der Waals surface area (Å²) in [6, 6.07) is 7.47. The molecule has 2 aromatic rings. The lowest BCUT2D eigenvalue weighted by molar-refractivity contribution is 0.341. The van der Waals surface area contributed by atoms with Gasteiger partial charge in [0, 0.05) is 0 Å². The standard InChI is InChI=1S/C10H13N5O/c1-2-16-8-6-4-3-5-7(8)9-13-14-10(11)15(9)12/h3-6H,2,12H2,1H3,(H2,11,14). The molecule has 6 nitrogen and oxygen atoms in total. The van der Waals surface area contributed by atoms with E-state index >= 15 is 0 Å². The number of para-hydroxylation sites is 1. The van der Waals surface area contributed by atoms with Crippen LogP contribution >= 0.6 is 0 Å². The second kappa shape index (κ2) is 4.09. The number of aromatic nitrogens is 3. The first-order valence-corrected chi connectivity index (χ1v) is 4.92. The van der Waals surface area contributed by atoms with E-state index in [4.69, 9.17) is 16.3 Å². The number of hydrogen-bond acceptors (Lipinski definition) is 5. The van der Waals surface area contributed by atoms with E-state index in [0.717, 1.165) is 5.56 Å². The molecule has 1 heterocycles. The van der Waals surface area contributed by atoms with Gasteiger partial charge in [0.25, 0.3) is 0 Å². The highest BCUT2D eigenvalue weighted by molar-refractivity contribution is 5.65. The third-order valence-electron chi connectivity index (χ3n) is 2.15. The first-order valence-electron chi connectivity index (χ1n) is 4.92. The summed E-state index contributed by atoms with van der Waals surface area (Å²) in [4.78, 5) is 0. The highest BCUT2D eigenvalue weighted by Crippen LogP contribution is 2.28. The van der Waals surface area contributed by atoms with Crippen LogP contribution in [-0.4, -0.2) is 21.5 Å². The van der Waals surface area contributed by atoms with E-state index in [9.17, 15) is 0 Å². The zero-order valence-corrected chi connectivity index (χ0v) is 8.92. The summed E-state index contributed by atoms with van der Waals surface area (Å²) >= 11 is 0. The number of benzene rings is 1. The largest absolute Gasteiger partial charge is 0.493 e. The Bertz CT molecular complexity index is 494. The van der Waals surface area contributed by atoms with Gasteiger partial charge in [0.05, 0.1) is 12.2 Å². The van der Waals surface area contributed by atoms with E-state index in [1.165, 1.54) is 4.68 Å². The van der Waals surface area contributed by atoms with Crippen molar-refractivity contribution in [3.63, 3.8) is 0 Å². The molecule has 4 N–H and O–H groups in total. The minimum absolute atomic E-state index is 0.168. The van der Waals surface area contributed by atoms with E-state index < -0.39 is 0 Å². The zero-order chi connectivity index (χ0) is 11.5. The molecule has 0 radical (unpaired) electrons. The van der Waals surface area contributed by atoms with E-state index in [-0.39, 0.29) is 5.95 Å². The summed E-state index contributed by atoms with van der Waals surface area (Å²) in [5.41, 5.74) is 6.30. The van der Waals surface area contributed by atoms with Gasteiger partial charge >= 0.3 is 0 Å². The zero-order valence-electron chi connectivity index (χ0n) is 8.92. The van der Waals surface area contributed by atoms with E-state index in [2.05, 4.69) is 10.2 Å². The van der Waals surface area contributed by atoms with Crippen molar-refractivity contribution < 1.29 is 4.74 Å². The molecule has 2 rings (SSSR count). The molecule has 0 atom stereocenters. The highest BCUT2D eigenvalue weighted by atomic mass is 16.5. The van der Waals surface area contributed by atoms with Gasteiger partial charge in [-0.05, 0) is 19.1 Å². The number of anilines is 1. The molecule has 0 aliphatic heterocycles. The Balaban J connectivity index is 2.51. The van der Waals surface area contributed by atoms with Gasteiger partial charge in [-0.15, -0.1) is 10.2 Å². The molecule has 1 aromatic heterocycles. The predicted molar refractivity (Wildman–Crippen MR) is 61.2 cm³/mol. The topological polar surface area (TPSA) is 92.0 Å². The van der Waals surface area contributed by atoms with Crippen LogP contribution in [0.25, 0.3) is 11.4 Å². The Morgan fingerprint density at radius 1 is 1.31 bits per heavy atom. The Morgan fingerprint density at radius 3 is 2.69 bits per heavy atom. The molecule has 1 aromatic carbocycles. The first-order chi connectivity index (χ1) is 7.74. The Kier molecular flexibility index (Phi) is 2.63. The molecule has 84 valence electrons. The average molecular weight is 219 g/mol. The van der Waals surface area contributed by atoms with Crippen LogP contribution in [0.2, 0.25) is 0 Å². The summed E-state index contributed by atoms with van der Waals surface area (Å²) < 4.78 is 6.71. The molecule has 0 amide bonds. The fraction of sp³-hybridized carbons (Fsp3) is 0.200. The smallest absolute Gasteiger partial charge is 0.241 e. The van der Waals surface area contributed by atoms with Crippen LogP contribution in [0, 0.1) is 0 Å². The van der Waals surface area contributed by atoms with E-state index in [1.807, 2.05) is 31.2 Å². The minimum atomic E-state index is 0.168. The van der Waals surface area contributed by atoms with Gasteiger partial charge in [0.1, 0.15) is 5.75 Å². The lowest BCUT2D eigenvalue weighted by Gasteiger charge is -2.08. The normalized spacial score (nSPS) is 10.3. The van der Waals surface area contributed by atoms with Crippen molar-refractivity contribution in [3.05, 3.63) is 24.3 Å². The maximum absolute atomic E-state index is 5.71. The summed E-state index contributed by atoms with van der Waals surface area (Å²) in [6.07, 6.45) is 0. The summed E-state index contributed by atoms with van der Waals surface area (Å²) in [7, 11) is 0. The summed E-state index contributed by atoms with van der Waals surface area (Å²) in [6.45, 7) is 2.49. The van der Waals surface area contributed by atoms with Gasteiger partial charge in [0.15, 0.2) is 5.82 Å². The van der Waals surface area contributed by atoms with Crippen molar-refractivity contribution in [1.29, 1.82) is 0 Å². The number of ether oxygens (including phenoxy) is 1. The maximum atomic E-state index is 5.71. The minimum Gasteiger partial charge on any atom is -0.493 e. The molecule has 0 saturated heterocycles. The lowest BCUT2D eigenvalue weighted by Crippen LogP contribution is -2.13. The van der Waals surface area contributed by atoms with Crippen LogP contribution in [0.4, 0.5) is 5.95 Å². The van der Waals surface area contributed by atoms with Crippen molar-refractivity contribution >= 4 is 5.95 Å². The molecule has 0 spiro atoms. The molecular weight excluding hydrogens is 206 g/mol. The van der Waals surface area contributed by atoms with Gasteiger partial charge in [-0.3, -0.25) is 0 Å². The van der Waals surface area contributed by atoms with E-state index in [1.54, 1.807) is 0 Å². The van der Waals surface area contributed by atoms with Crippen molar-refractivity contribution in [2.75, 3.05) is 18.2 Å². The van der Waals surface area contributed by atoms with Crippen LogP contribution in [0.15, 0.2) is 24.3 Å². The van der Waals surface area contributed by atoms with E-state index in [0.29, 0.717) is 18.2 Å².